The number of rotatable bonds is 13. The standard InChI is InChI=1S/C25H33N5O4.C16H22BrN3O.C16H21BrN2O/c1-6-30(17-7-9-34-10-8-17)23-16(3)18(12-21-19(23)14-27-29(21)4)24(31)26-13-20-22(33-5)11-15(2)28-25(20)32;1-4-20(12-5-7-21-8-6-12)16-11(2)14(17)9-15-13(16)10-18-19(15)3;1-3-19(13-4-6-20-7-5-13)16-11(2)15(17)8-12-9-18-10-14(12)16/h11-12,14,17H,6-10,13H2,1-5H3,(H,26,31)(H,28,32);9-10,12H,4-8H2,1-3H3;8,10,13H,3-7,9H2,1-2H3. The summed E-state index contributed by atoms with van der Waals surface area (Å²) in [4.78, 5) is 40.6. The highest BCUT2D eigenvalue weighted by Crippen LogP contribution is 2.40. The molecule has 18 heteroatoms. The van der Waals surface area contributed by atoms with Crippen LogP contribution < -0.4 is 30.3 Å². The third-order valence-electron chi connectivity index (χ3n) is 15.5. The lowest BCUT2D eigenvalue weighted by atomic mass is 9.98. The average molecular weight is 1160 g/mol. The number of anilines is 3. The van der Waals surface area contributed by atoms with Crippen molar-refractivity contribution in [3.05, 3.63) is 101 Å². The van der Waals surface area contributed by atoms with Crippen molar-refractivity contribution in [3.63, 3.8) is 0 Å². The summed E-state index contributed by atoms with van der Waals surface area (Å²) in [7, 11) is 5.39. The van der Waals surface area contributed by atoms with Crippen LogP contribution in [0.15, 0.2) is 55.4 Å². The molecule has 3 fully saturated rings. The van der Waals surface area contributed by atoms with Gasteiger partial charge in [-0.25, -0.2) is 0 Å². The summed E-state index contributed by atoms with van der Waals surface area (Å²) in [6, 6.07) is 9.50. The van der Waals surface area contributed by atoms with Gasteiger partial charge in [0.25, 0.3) is 11.5 Å². The number of hydrogen-bond donors (Lipinski definition) is 2. The molecule has 3 saturated heterocycles. The summed E-state index contributed by atoms with van der Waals surface area (Å²) in [6.07, 6.45) is 12.2. The number of hydrogen-bond acceptors (Lipinski definition) is 12. The number of halogens is 2. The number of nitrogens with zero attached hydrogens (tertiary/aromatic N) is 8. The van der Waals surface area contributed by atoms with Gasteiger partial charge in [-0.15, -0.1) is 0 Å². The lowest BCUT2D eigenvalue weighted by Gasteiger charge is -2.37. The third-order valence-corrected chi connectivity index (χ3v) is 17.1. The first-order valence-corrected chi connectivity index (χ1v) is 28.3. The second-order valence-electron chi connectivity index (χ2n) is 19.9. The molecule has 0 atom stereocenters. The van der Waals surface area contributed by atoms with Crippen LogP contribution in [0.1, 0.15) is 109 Å². The molecule has 0 bridgehead atoms. The predicted molar refractivity (Wildman–Crippen MR) is 309 cm³/mol. The van der Waals surface area contributed by atoms with E-state index in [0.29, 0.717) is 40.7 Å². The van der Waals surface area contributed by atoms with Crippen LogP contribution in [0.3, 0.4) is 0 Å². The van der Waals surface area contributed by atoms with Gasteiger partial charge in [0.1, 0.15) is 5.75 Å². The first-order chi connectivity index (χ1) is 36.2. The van der Waals surface area contributed by atoms with Gasteiger partial charge in [-0.3, -0.25) is 23.9 Å². The van der Waals surface area contributed by atoms with E-state index in [1.54, 1.807) is 17.7 Å². The molecule has 6 aromatic rings. The lowest BCUT2D eigenvalue weighted by Crippen LogP contribution is -2.40. The van der Waals surface area contributed by atoms with Gasteiger partial charge in [0.15, 0.2) is 0 Å². The number of pyridine rings is 1. The van der Waals surface area contributed by atoms with Crippen LogP contribution in [0.25, 0.3) is 21.8 Å². The van der Waals surface area contributed by atoms with Gasteiger partial charge in [-0.1, -0.05) is 31.9 Å². The Hall–Kier alpha value is -5.27. The summed E-state index contributed by atoms with van der Waals surface area (Å²) in [6.45, 7) is 23.5. The highest BCUT2D eigenvalue weighted by molar-refractivity contribution is 9.10. The summed E-state index contributed by atoms with van der Waals surface area (Å²) < 4.78 is 28.1. The molecule has 0 spiro atoms. The molecule has 1 amide bonds. The van der Waals surface area contributed by atoms with E-state index in [1.807, 2.05) is 50.4 Å². The number of aromatic amines is 1. The fourth-order valence-corrected chi connectivity index (χ4v) is 12.3. The highest BCUT2D eigenvalue weighted by Gasteiger charge is 2.30. The molecule has 4 aliphatic heterocycles. The molecule has 404 valence electrons. The number of ether oxygens (including phenoxy) is 4. The topological polar surface area (TPSA) is 157 Å². The average Bonchev–Trinajstić information content (AvgIpc) is 4.15. The van der Waals surface area contributed by atoms with Crippen molar-refractivity contribution in [1.29, 1.82) is 0 Å². The second-order valence-corrected chi connectivity index (χ2v) is 21.6. The molecule has 16 nitrogen and oxygen atoms in total. The highest BCUT2D eigenvalue weighted by atomic mass is 79.9. The van der Waals surface area contributed by atoms with E-state index < -0.39 is 0 Å². The van der Waals surface area contributed by atoms with Crippen molar-refractivity contribution in [2.75, 3.05) is 81.1 Å². The van der Waals surface area contributed by atoms with Crippen LogP contribution >= 0.6 is 31.9 Å². The number of benzene rings is 3. The molecule has 3 aromatic carbocycles. The van der Waals surface area contributed by atoms with E-state index in [2.05, 4.69) is 119 Å². The smallest absolute Gasteiger partial charge is 0.256 e. The molecule has 75 heavy (non-hydrogen) atoms. The van der Waals surface area contributed by atoms with Crippen LogP contribution in [-0.4, -0.2) is 121 Å². The number of nitrogens with one attached hydrogen (secondary N) is 2. The number of aromatic nitrogens is 5. The van der Waals surface area contributed by atoms with E-state index in [0.717, 1.165) is 131 Å². The van der Waals surface area contributed by atoms with Crippen LogP contribution in [0.5, 0.6) is 5.75 Å². The third kappa shape index (κ3) is 12.0. The minimum absolute atomic E-state index is 0.0628. The van der Waals surface area contributed by atoms with Crippen molar-refractivity contribution < 1.29 is 23.7 Å². The van der Waals surface area contributed by atoms with E-state index >= 15 is 0 Å². The van der Waals surface area contributed by atoms with Crippen molar-refractivity contribution in [1.82, 2.24) is 29.9 Å². The number of aliphatic imine (C=N–C) groups is 1. The minimum atomic E-state index is -0.270. The van der Waals surface area contributed by atoms with Crippen LogP contribution in [0, 0.1) is 27.7 Å². The quantitative estimate of drug-likeness (QED) is 0.113. The molecule has 0 unspecified atom stereocenters. The molecule has 2 N–H and O–H groups in total. The fraction of sp³-hybridized carbons (Fsp3) is 0.526. The SMILES string of the molecule is CCN(c1c(C)c(Br)cc2c1C=NC2)C1CCOCC1.CCN(c1c(C)c(Br)cc2c1cnn2C)C1CCOCC1.CCN(c1c(C)c(C(=O)NCc2c(OC)cc(C)[nH]c2=O)cc2c1cnn2C)C1CCOCC1. The number of amides is 1. The molecule has 3 aromatic heterocycles. The second kappa shape index (κ2) is 25.3. The molecule has 4 aliphatic rings. The Labute approximate surface area is 458 Å². The van der Waals surface area contributed by atoms with Crippen molar-refractivity contribution in [2.24, 2.45) is 19.1 Å². The van der Waals surface area contributed by atoms with Gasteiger partial charge >= 0.3 is 0 Å². The molecule has 10 rings (SSSR count). The Morgan fingerprint density at radius 2 is 1.17 bits per heavy atom. The maximum Gasteiger partial charge on any atom is 0.256 e. The number of H-pyrrole nitrogens is 1. The van der Waals surface area contributed by atoms with Gasteiger partial charge in [0.05, 0.1) is 66.3 Å². The Kier molecular flexibility index (Phi) is 18.8. The Morgan fingerprint density at radius 3 is 1.68 bits per heavy atom. The van der Waals surface area contributed by atoms with Crippen molar-refractivity contribution in [3.8, 4) is 5.75 Å². The number of aryl methyl sites for hydroxylation is 3. The summed E-state index contributed by atoms with van der Waals surface area (Å²) >= 11 is 7.43. The molecular weight excluding hydrogens is 1080 g/mol. The van der Waals surface area contributed by atoms with Gasteiger partial charge in [-0.05, 0) is 134 Å². The first-order valence-electron chi connectivity index (χ1n) is 26.7. The van der Waals surface area contributed by atoms with E-state index in [1.165, 1.54) is 56.1 Å². The van der Waals surface area contributed by atoms with E-state index in [4.69, 9.17) is 18.9 Å². The normalized spacial score (nSPS) is 16.1. The lowest BCUT2D eigenvalue weighted by molar-refractivity contribution is 0.0845. The van der Waals surface area contributed by atoms with Crippen molar-refractivity contribution in [2.45, 2.75) is 118 Å². The minimum Gasteiger partial charge on any atom is -0.496 e. The maximum absolute atomic E-state index is 13.4. The Morgan fingerprint density at radius 1 is 0.707 bits per heavy atom. The zero-order valence-electron chi connectivity index (χ0n) is 45.6. The van der Waals surface area contributed by atoms with Gasteiger partial charge in [0.2, 0.25) is 0 Å². The first kappa shape index (κ1) is 55.9. The van der Waals surface area contributed by atoms with E-state index in [9.17, 15) is 9.59 Å². The summed E-state index contributed by atoms with van der Waals surface area (Å²) in [5.74, 6) is 0.213. The Bertz CT molecular complexity index is 3060. The maximum atomic E-state index is 13.4. The fourth-order valence-electron chi connectivity index (χ4n) is 11.5. The Balaban J connectivity index is 0.000000157. The summed E-state index contributed by atoms with van der Waals surface area (Å²) in [5, 5.41) is 14.1. The molecular formula is C57H76Br2N10O6. The van der Waals surface area contributed by atoms with Gasteiger partial charge < -0.3 is 43.9 Å². The van der Waals surface area contributed by atoms with E-state index in [-0.39, 0.29) is 18.0 Å². The van der Waals surface area contributed by atoms with Gasteiger partial charge in [0, 0.05) is 134 Å². The zero-order chi connectivity index (χ0) is 53.5. The number of fused-ring (bicyclic) bond motifs is 3. The molecule has 0 radical (unpaired) electrons. The van der Waals surface area contributed by atoms with Gasteiger partial charge in [-0.2, -0.15) is 10.2 Å². The number of carbonyl (C=O) groups is 1. The predicted octanol–water partition coefficient (Wildman–Crippen LogP) is 10.2. The molecule has 0 saturated carbocycles. The largest absolute Gasteiger partial charge is 0.496 e. The zero-order valence-corrected chi connectivity index (χ0v) is 48.7. The molecule has 7 heterocycles. The molecule has 0 aliphatic carbocycles. The van der Waals surface area contributed by atoms with Crippen molar-refractivity contribution >= 4 is 82.8 Å². The van der Waals surface area contributed by atoms with Crippen LogP contribution in [-0.2, 0) is 41.4 Å². The number of carbonyl (C=O) groups excluding carboxylic acids is 1. The number of methoxy groups -OCH3 is 1. The van der Waals surface area contributed by atoms with Crippen LogP contribution in [0.2, 0.25) is 0 Å². The van der Waals surface area contributed by atoms with Crippen LogP contribution in [0.4, 0.5) is 17.1 Å². The summed E-state index contributed by atoms with van der Waals surface area (Å²) in [5.41, 5.74) is 13.3. The monoisotopic (exact) mass is 1150 g/mol.